The molecule has 1 aliphatic carbocycles. The van der Waals surface area contributed by atoms with Gasteiger partial charge in [-0.3, -0.25) is 0 Å². The molecule has 9 heteroatoms. The SMILES string of the molecule is CC.CC.CC(C)(C)OC(=O)N(Sc1cc(N2CCNCC2)c2nccn2c1)C1(CF)CC1. The van der Waals surface area contributed by atoms with Gasteiger partial charge < -0.3 is 19.4 Å². The summed E-state index contributed by atoms with van der Waals surface area (Å²) in [5.74, 6) is 0. The molecule has 0 bridgehead atoms. The summed E-state index contributed by atoms with van der Waals surface area (Å²) in [6, 6.07) is 2.05. The molecule has 0 aromatic carbocycles. The van der Waals surface area contributed by atoms with Crippen molar-refractivity contribution in [3.63, 3.8) is 0 Å². The standard InChI is InChI=1S/C20H28FN5O2S.2C2H6/c1-19(2,3)28-18(27)26(20(14-21)4-5-20)29-15-12-16(24-9-6-22-7-10-24)17-23-8-11-25(17)13-15;2*1-2/h8,11-13,22H,4-7,9-10,14H2,1-3H3;2*1-2H3. The van der Waals surface area contributed by atoms with E-state index >= 15 is 0 Å². The third kappa shape index (κ3) is 6.76. The zero-order chi connectivity index (χ0) is 24.6. The fourth-order valence-corrected chi connectivity index (χ4v) is 4.52. The summed E-state index contributed by atoms with van der Waals surface area (Å²) in [4.78, 5) is 20.5. The van der Waals surface area contributed by atoms with Crippen molar-refractivity contribution in [1.29, 1.82) is 0 Å². The normalized spacial score (nSPS) is 16.8. The van der Waals surface area contributed by atoms with E-state index in [1.54, 1.807) is 6.20 Å². The lowest BCUT2D eigenvalue weighted by Crippen LogP contribution is -2.43. The van der Waals surface area contributed by atoms with Gasteiger partial charge in [0.25, 0.3) is 0 Å². The predicted octanol–water partition coefficient (Wildman–Crippen LogP) is 5.54. The first-order valence-corrected chi connectivity index (χ1v) is 12.8. The molecule has 0 spiro atoms. The number of piperazine rings is 1. The molecule has 1 saturated heterocycles. The lowest BCUT2D eigenvalue weighted by atomic mass is 10.2. The highest BCUT2D eigenvalue weighted by molar-refractivity contribution is 7.97. The molecule has 3 heterocycles. The van der Waals surface area contributed by atoms with E-state index in [4.69, 9.17) is 4.74 Å². The Balaban J connectivity index is 0.000000914. The fraction of sp³-hybridized carbons (Fsp3) is 0.667. The number of pyridine rings is 1. The molecule has 0 atom stereocenters. The van der Waals surface area contributed by atoms with E-state index in [1.807, 2.05) is 71.3 Å². The van der Waals surface area contributed by atoms with Crippen LogP contribution in [0, 0.1) is 0 Å². The molecule has 1 amide bonds. The zero-order valence-corrected chi connectivity index (χ0v) is 22.0. The Labute approximate surface area is 202 Å². The van der Waals surface area contributed by atoms with Gasteiger partial charge in [0.15, 0.2) is 5.65 Å². The average molecular weight is 482 g/mol. The van der Waals surface area contributed by atoms with Crippen molar-refractivity contribution in [2.45, 2.75) is 77.3 Å². The number of fused-ring (bicyclic) bond motifs is 1. The molecule has 4 rings (SSSR count). The third-order valence-electron chi connectivity index (χ3n) is 5.16. The van der Waals surface area contributed by atoms with Crippen LogP contribution in [0.2, 0.25) is 0 Å². The number of anilines is 1. The molecule has 7 nitrogen and oxygen atoms in total. The summed E-state index contributed by atoms with van der Waals surface area (Å²) < 4.78 is 22.9. The number of hydrogen-bond acceptors (Lipinski definition) is 6. The van der Waals surface area contributed by atoms with Crippen molar-refractivity contribution >= 4 is 29.4 Å². The first-order valence-electron chi connectivity index (χ1n) is 12.0. The fourth-order valence-electron chi connectivity index (χ4n) is 3.45. The number of carbonyl (C=O) groups is 1. The molecule has 186 valence electrons. The van der Waals surface area contributed by atoms with Gasteiger partial charge in [-0.05, 0) is 51.6 Å². The smallest absolute Gasteiger partial charge is 0.421 e. The van der Waals surface area contributed by atoms with Crippen LogP contribution >= 0.6 is 11.9 Å². The molecule has 33 heavy (non-hydrogen) atoms. The van der Waals surface area contributed by atoms with Gasteiger partial charge in [-0.15, -0.1) is 0 Å². The maximum Gasteiger partial charge on any atom is 0.421 e. The number of ether oxygens (including phenoxy) is 1. The second-order valence-corrected chi connectivity index (χ2v) is 9.70. The summed E-state index contributed by atoms with van der Waals surface area (Å²) in [5, 5.41) is 3.36. The van der Waals surface area contributed by atoms with E-state index in [0.717, 1.165) is 42.4 Å². The molecule has 1 aliphatic heterocycles. The van der Waals surface area contributed by atoms with Gasteiger partial charge in [0, 0.05) is 49.7 Å². The van der Waals surface area contributed by atoms with Crippen LogP contribution in [0.3, 0.4) is 0 Å². The Morgan fingerprint density at radius 2 is 1.88 bits per heavy atom. The molecular formula is C24H40FN5O2S. The molecule has 2 aromatic rings. The van der Waals surface area contributed by atoms with Crippen molar-refractivity contribution in [1.82, 2.24) is 19.0 Å². The van der Waals surface area contributed by atoms with Crippen molar-refractivity contribution in [2.24, 2.45) is 0 Å². The highest BCUT2D eigenvalue weighted by Crippen LogP contribution is 2.48. The highest BCUT2D eigenvalue weighted by Gasteiger charge is 2.52. The van der Waals surface area contributed by atoms with Crippen molar-refractivity contribution in [3.05, 3.63) is 24.7 Å². The lowest BCUT2D eigenvalue weighted by molar-refractivity contribution is 0.0320. The van der Waals surface area contributed by atoms with Crippen LogP contribution in [0.25, 0.3) is 5.65 Å². The molecule has 2 aromatic heterocycles. The first-order chi connectivity index (χ1) is 15.8. The van der Waals surface area contributed by atoms with E-state index < -0.39 is 23.9 Å². The van der Waals surface area contributed by atoms with Gasteiger partial charge in [-0.2, -0.15) is 0 Å². The predicted molar refractivity (Wildman–Crippen MR) is 135 cm³/mol. The minimum Gasteiger partial charge on any atom is -0.443 e. The van der Waals surface area contributed by atoms with Crippen molar-refractivity contribution in [3.8, 4) is 0 Å². The van der Waals surface area contributed by atoms with E-state index in [-0.39, 0.29) is 0 Å². The number of alkyl halides is 1. The number of nitrogens with zero attached hydrogens (tertiary/aromatic N) is 4. The van der Waals surface area contributed by atoms with Crippen LogP contribution in [0.1, 0.15) is 61.3 Å². The molecule has 1 saturated carbocycles. The summed E-state index contributed by atoms with van der Waals surface area (Å²) >= 11 is 1.26. The Bertz CT molecular complexity index is 889. The Morgan fingerprint density at radius 3 is 2.42 bits per heavy atom. The van der Waals surface area contributed by atoms with Crippen LogP contribution in [-0.4, -0.2) is 63.8 Å². The van der Waals surface area contributed by atoms with Crippen LogP contribution in [0.5, 0.6) is 0 Å². The number of hydrogen-bond donors (Lipinski definition) is 1. The van der Waals surface area contributed by atoms with Gasteiger partial charge in [0.1, 0.15) is 12.3 Å². The van der Waals surface area contributed by atoms with Gasteiger partial charge in [-0.1, -0.05) is 27.7 Å². The number of imidazole rings is 1. The summed E-state index contributed by atoms with van der Waals surface area (Å²) in [7, 11) is 0. The maximum atomic E-state index is 13.9. The highest BCUT2D eigenvalue weighted by atomic mass is 32.2. The van der Waals surface area contributed by atoms with Gasteiger partial charge in [0.05, 0.1) is 11.2 Å². The van der Waals surface area contributed by atoms with E-state index in [2.05, 4.69) is 15.2 Å². The van der Waals surface area contributed by atoms with Gasteiger partial charge in [-0.25, -0.2) is 18.5 Å². The van der Waals surface area contributed by atoms with Gasteiger partial charge in [0.2, 0.25) is 0 Å². The molecular weight excluding hydrogens is 441 g/mol. The molecule has 0 unspecified atom stereocenters. The third-order valence-corrected chi connectivity index (χ3v) is 6.32. The van der Waals surface area contributed by atoms with Crippen LogP contribution in [0.15, 0.2) is 29.6 Å². The average Bonchev–Trinajstić information content (AvgIpc) is 3.47. The zero-order valence-electron chi connectivity index (χ0n) is 21.2. The van der Waals surface area contributed by atoms with Crippen LogP contribution in [0.4, 0.5) is 14.9 Å². The summed E-state index contributed by atoms with van der Waals surface area (Å²) in [5.41, 5.74) is 0.497. The second kappa shape index (κ2) is 11.9. The number of halogens is 1. The topological polar surface area (TPSA) is 62.1 Å². The minimum absolute atomic E-state index is 0.493. The number of nitrogens with one attached hydrogen (secondary N) is 1. The Hall–Kier alpha value is -2.00. The molecule has 2 aliphatic rings. The van der Waals surface area contributed by atoms with Crippen LogP contribution in [-0.2, 0) is 4.74 Å². The Morgan fingerprint density at radius 1 is 1.24 bits per heavy atom. The monoisotopic (exact) mass is 481 g/mol. The van der Waals surface area contributed by atoms with E-state index in [9.17, 15) is 9.18 Å². The number of carbonyl (C=O) groups excluding carboxylic acids is 1. The minimum atomic E-state index is -0.772. The van der Waals surface area contributed by atoms with E-state index in [0.29, 0.717) is 12.8 Å². The molecule has 1 N–H and O–H groups in total. The quantitative estimate of drug-likeness (QED) is 0.566. The molecule has 2 fully saturated rings. The van der Waals surface area contributed by atoms with E-state index in [1.165, 1.54) is 16.3 Å². The number of aromatic nitrogens is 2. The summed E-state index contributed by atoms with van der Waals surface area (Å²) in [6.45, 7) is 16.5. The van der Waals surface area contributed by atoms with Gasteiger partial charge >= 0.3 is 6.09 Å². The number of amides is 1. The number of rotatable bonds is 5. The van der Waals surface area contributed by atoms with Crippen molar-refractivity contribution < 1.29 is 13.9 Å². The lowest BCUT2D eigenvalue weighted by Gasteiger charge is -2.32. The first kappa shape index (κ1) is 27.2. The van der Waals surface area contributed by atoms with Crippen LogP contribution < -0.4 is 10.2 Å². The largest absolute Gasteiger partial charge is 0.443 e. The van der Waals surface area contributed by atoms with Crippen molar-refractivity contribution in [2.75, 3.05) is 37.8 Å². The Kier molecular flexibility index (Phi) is 9.84. The summed E-state index contributed by atoms with van der Waals surface area (Å²) in [6.07, 6.45) is 6.40. The maximum absolute atomic E-state index is 13.9. The second-order valence-electron chi connectivity index (χ2n) is 8.68. The molecule has 0 radical (unpaired) electrons.